The van der Waals surface area contributed by atoms with Crippen molar-refractivity contribution in [2.45, 2.75) is 64.1 Å². The van der Waals surface area contributed by atoms with Crippen molar-refractivity contribution in [3.63, 3.8) is 0 Å². The maximum Gasteiger partial charge on any atom is 0.225 e. The molecule has 0 aromatic heterocycles. The number of aliphatic imine (C=N–C) groups is 1. The van der Waals surface area contributed by atoms with E-state index in [2.05, 4.69) is 60.6 Å². The molecule has 2 aliphatic heterocycles. The highest BCUT2D eigenvalue weighted by Gasteiger charge is 2.47. The van der Waals surface area contributed by atoms with Crippen molar-refractivity contribution < 1.29 is 4.79 Å². The predicted molar refractivity (Wildman–Crippen MR) is 105 cm³/mol. The first kappa shape index (κ1) is 17.5. The molecule has 0 bridgehead atoms. The van der Waals surface area contributed by atoms with Gasteiger partial charge < -0.3 is 10.2 Å². The fourth-order valence-corrected chi connectivity index (χ4v) is 4.11. The number of benzene rings is 1. The Morgan fingerprint density at radius 1 is 1.27 bits per heavy atom. The summed E-state index contributed by atoms with van der Waals surface area (Å²) >= 11 is 0. The van der Waals surface area contributed by atoms with Crippen LogP contribution < -0.4 is 10.6 Å². The number of rotatable bonds is 1. The van der Waals surface area contributed by atoms with E-state index < -0.39 is 0 Å². The van der Waals surface area contributed by atoms with E-state index in [0.717, 1.165) is 43.9 Å². The van der Waals surface area contributed by atoms with Crippen LogP contribution in [0.2, 0.25) is 0 Å². The number of likely N-dealkylation sites (tertiary alicyclic amines) is 1. The highest BCUT2D eigenvalue weighted by Crippen LogP contribution is 2.34. The van der Waals surface area contributed by atoms with Crippen LogP contribution in [0.3, 0.4) is 0 Å². The normalized spacial score (nSPS) is 27.8. The van der Waals surface area contributed by atoms with Crippen molar-refractivity contribution in [1.82, 2.24) is 10.2 Å². The summed E-state index contributed by atoms with van der Waals surface area (Å²) in [5.41, 5.74) is 1.89. The molecule has 1 atom stereocenters. The summed E-state index contributed by atoms with van der Waals surface area (Å²) in [6.45, 7) is 8.68. The molecule has 0 radical (unpaired) electrons. The topological polar surface area (TPSA) is 56.7 Å². The lowest BCUT2D eigenvalue weighted by Gasteiger charge is -2.34. The number of hydrogen-bond acceptors (Lipinski definition) is 3. The second-order valence-corrected chi connectivity index (χ2v) is 8.99. The molecule has 3 aliphatic rings. The van der Waals surface area contributed by atoms with Crippen molar-refractivity contribution in [3.05, 3.63) is 29.8 Å². The Morgan fingerprint density at radius 3 is 2.73 bits per heavy atom. The number of fused-ring (bicyclic) bond motifs is 1. The lowest BCUT2D eigenvalue weighted by atomic mass is 9.84. The van der Waals surface area contributed by atoms with Crippen LogP contribution in [0.5, 0.6) is 0 Å². The zero-order chi connectivity index (χ0) is 18.4. The molecule has 140 valence electrons. The third kappa shape index (κ3) is 3.25. The van der Waals surface area contributed by atoms with Gasteiger partial charge >= 0.3 is 0 Å². The Labute approximate surface area is 156 Å². The summed E-state index contributed by atoms with van der Waals surface area (Å²) in [5, 5.41) is 7.37. The number of carbonyl (C=O) groups excluding carboxylic acids is 1. The van der Waals surface area contributed by atoms with Crippen LogP contribution in [0.15, 0.2) is 29.3 Å². The van der Waals surface area contributed by atoms with Crippen molar-refractivity contribution in [2.75, 3.05) is 18.4 Å². The molecule has 4 rings (SSSR count). The van der Waals surface area contributed by atoms with Gasteiger partial charge in [-0.15, -0.1) is 0 Å². The minimum absolute atomic E-state index is 0.179. The molecule has 2 fully saturated rings. The monoisotopic (exact) mass is 354 g/mol. The summed E-state index contributed by atoms with van der Waals surface area (Å²) in [6, 6.07) is 8.39. The molecule has 1 amide bonds. The minimum Gasteiger partial charge on any atom is -0.342 e. The van der Waals surface area contributed by atoms with E-state index in [1.54, 1.807) is 0 Å². The van der Waals surface area contributed by atoms with Crippen LogP contribution in [-0.4, -0.2) is 40.8 Å². The molecular weight excluding hydrogens is 324 g/mol. The van der Waals surface area contributed by atoms with Gasteiger partial charge in [0, 0.05) is 31.2 Å². The van der Waals surface area contributed by atoms with Gasteiger partial charge in [-0.05, 0) is 51.7 Å². The molecule has 1 unspecified atom stereocenters. The molecule has 1 aromatic rings. The third-order valence-electron chi connectivity index (χ3n) is 5.82. The Bertz CT molecular complexity index is 732. The smallest absolute Gasteiger partial charge is 0.225 e. The molecule has 2 heterocycles. The first-order valence-corrected chi connectivity index (χ1v) is 9.85. The Morgan fingerprint density at radius 2 is 2.04 bits per heavy atom. The summed E-state index contributed by atoms with van der Waals surface area (Å²) in [6.07, 6.45) is 4.22. The van der Waals surface area contributed by atoms with Crippen molar-refractivity contribution >= 4 is 17.4 Å². The van der Waals surface area contributed by atoms with Crippen LogP contribution in [0.25, 0.3) is 0 Å². The van der Waals surface area contributed by atoms with Gasteiger partial charge in [-0.2, -0.15) is 0 Å². The number of anilines is 1. The maximum atomic E-state index is 12.8. The Balaban J connectivity index is 1.65. The first-order chi connectivity index (χ1) is 12.4. The number of amides is 1. The zero-order valence-electron chi connectivity index (χ0n) is 16.1. The van der Waals surface area contributed by atoms with Gasteiger partial charge in [-0.25, -0.2) is 0 Å². The van der Waals surface area contributed by atoms with Gasteiger partial charge in [0.2, 0.25) is 5.91 Å². The second-order valence-electron chi connectivity index (χ2n) is 8.99. The molecule has 5 heteroatoms. The van der Waals surface area contributed by atoms with E-state index >= 15 is 0 Å². The third-order valence-corrected chi connectivity index (χ3v) is 5.82. The van der Waals surface area contributed by atoms with Gasteiger partial charge in [0.25, 0.3) is 0 Å². The summed E-state index contributed by atoms with van der Waals surface area (Å²) < 4.78 is 0. The Kier molecular flexibility index (Phi) is 4.30. The van der Waals surface area contributed by atoms with Gasteiger partial charge in [0.15, 0.2) is 0 Å². The molecule has 1 spiro atoms. The molecule has 1 saturated carbocycles. The highest BCUT2D eigenvalue weighted by molar-refractivity contribution is 6.04. The molecule has 1 aromatic carbocycles. The highest BCUT2D eigenvalue weighted by atomic mass is 16.2. The fourth-order valence-electron chi connectivity index (χ4n) is 4.11. The zero-order valence-corrected chi connectivity index (χ0v) is 16.1. The molecule has 26 heavy (non-hydrogen) atoms. The molecule has 1 aliphatic carbocycles. The largest absolute Gasteiger partial charge is 0.342 e. The van der Waals surface area contributed by atoms with E-state index in [4.69, 9.17) is 4.99 Å². The lowest BCUT2D eigenvalue weighted by Crippen LogP contribution is -2.56. The number of hydrogen-bond donors (Lipinski definition) is 2. The van der Waals surface area contributed by atoms with E-state index in [1.165, 1.54) is 12.0 Å². The van der Waals surface area contributed by atoms with Gasteiger partial charge in [-0.1, -0.05) is 24.6 Å². The second kappa shape index (κ2) is 6.38. The summed E-state index contributed by atoms with van der Waals surface area (Å²) in [7, 11) is 0. The number of para-hydroxylation sites is 1. The maximum absolute atomic E-state index is 12.8. The van der Waals surface area contributed by atoms with E-state index in [9.17, 15) is 4.79 Å². The predicted octanol–water partition coefficient (Wildman–Crippen LogP) is 3.17. The lowest BCUT2D eigenvalue weighted by molar-refractivity contribution is -0.137. The molecule has 1 saturated heterocycles. The number of nitrogens with zero attached hydrogens (tertiary/aromatic N) is 2. The van der Waals surface area contributed by atoms with Crippen molar-refractivity contribution in [1.29, 1.82) is 0 Å². The van der Waals surface area contributed by atoms with Crippen LogP contribution in [0, 0.1) is 5.92 Å². The number of nitrogens with one attached hydrogen (secondary N) is 2. The molecular formula is C21H30N4O. The first-order valence-electron chi connectivity index (χ1n) is 9.85. The summed E-state index contributed by atoms with van der Waals surface area (Å²) in [4.78, 5) is 19.9. The fraction of sp³-hybridized carbons (Fsp3) is 0.619. The molecule has 2 N–H and O–H groups in total. The quantitative estimate of drug-likeness (QED) is 0.814. The van der Waals surface area contributed by atoms with Crippen molar-refractivity contribution in [2.24, 2.45) is 10.9 Å². The average Bonchev–Trinajstić information content (AvgIpc) is 2.90. The van der Waals surface area contributed by atoms with Crippen molar-refractivity contribution in [3.8, 4) is 0 Å². The average molecular weight is 354 g/mol. The SMILES string of the molecule is CC(C)(C)N=C1Nc2ccccc2CNC12CCN(C(=O)C1CCC1)C2. The number of amidine groups is 1. The van der Waals surface area contributed by atoms with Gasteiger partial charge in [0.05, 0.1) is 11.1 Å². The van der Waals surface area contributed by atoms with E-state index in [0.29, 0.717) is 12.5 Å². The minimum atomic E-state index is -0.286. The van der Waals surface area contributed by atoms with Crippen LogP contribution in [0.1, 0.15) is 52.0 Å². The van der Waals surface area contributed by atoms with Crippen LogP contribution >= 0.6 is 0 Å². The van der Waals surface area contributed by atoms with Gasteiger partial charge in [-0.3, -0.25) is 15.1 Å². The Hall–Kier alpha value is -1.88. The van der Waals surface area contributed by atoms with Crippen LogP contribution in [-0.2, 0) is 11.3 Å². The van der Waals surface area contributed by atoms with E-state index in [-0.39, 0.29) is 17.0 Å². The number of carbonyl (C=O) groups is 1. The standard InChI is InChI=1S/C21H30N4O/c1-20(2,3)24-19-21(22-13-16-7-4-5-10-17(16)23-19)11-12-25(14-21)18(26)15-8-6-9-15/h4-5,7,10,15,22H,6,8-9,11-14H2,1-3H3,(H,23,24). The van der Waals surface area contributed by atoms with Crippen LogP contribution in [0.4, 0.5) is 5.69 Å². The van der Waals surface area contributed by atoms with Gasteiger partial charge in [0.1, 0.15) is 5.84 Å². The summed E-state index contributed by atoms with van der Waals surface area (Å²) in [5.74, 6) is 1.56. The molecule has 5 nitrogen and oxygen atoms in total. The van der Waals surface area contributed by atoms with E-state index in [1.807, 2.05) is 0 Å².